The molecule has 0 bridgehead atoms. The molecule has 0 amide bonds. The van der Waals surface area contributed by atoms with Gasteiger partial charge in [0, 0.05) is 30.9 Å². The maximum absolute atomic E-state index is 11.8. The number of morpholine rings is 1. The number of benzene rings is 1. The number of anilines is 2. The van der Waals surface area contributed by atoms with E-state index >= 15 is 0 Å². The monoisotopic (exact) mass is 534 g/mol. The summed E-state index contributed by atoms with van der Waals surface area (Å²) in [7, 11) is 1.90. The fourth-order valence-electron chi connectivity index (χ4n) is 4.30. The van der Waals surface area contributed by atoms with Gasteiger partial charge in [0.15, 0.2) is 0 Å². The van der Waals surface area contributed by atoms with Gasteiger partial charge in [-0.2, -0.15) is 0 Å². The fraction of sp³-hybridized carbons (Fsp3) is 0.370. The van der Waals surface area contributed by atoms with E-state index in [1.807, 2.05) is 42.4 Å². The summed E-state index contributed by atoms with van der Waals surface area (Å²) in [5.41, 5.74) is 3.13. The Labute approximate surface area is 224 Å². The zero-order valence-electron chi connectivity index (χ0n) is 21.6. The molecule has 0 aliphatic carbocycles. The number of ether oxygens (including phenoxy) is 2. The highest BCUT2D eigenvalue weighted by Gasteiger charge is 2.25. The van der Waals surface area contributed by atoms with Crippen molar-refractivity contribution in [2.45, 2.75) is 32.6 Å². The summed E-state index contributed by atoms with van der Waals surface area (Å²) in [5, 5.41) is 9.95. The van der Waals surface area contributed by atoms with Crippen LogP contribution in [0.5, 0.6) is 0 Å². The number of carbonyl (C=O) groups excluding carboxylic acids is 1. The average molecular weight is 535 g/mol. The molecule has 0 saturated carbocycles. The second kappa shape index (κ2) is 11.4. The van der Waals surface area contributed by atoms with Crippen molar-refractivity contribution in [1.82, 2.24) is 19.9 Å². The second-order valence-corrected chi connectivity index (χ2v) is 10.3. The zero-order valence-corrected chi connectivity index (χ0v) is 22.4. The topological polar surface area (TPSA) is 114 Å². The lowest BCUT2D eigenvalue weighted by molar-refractivity contribution is 0.0391. The molecule has 1 aliphatic rings. The molecule has 1 fully saturated rings. The summed E-state index contributed by atoms with van der Waals surface area (Å²) in [6, 6.07) is 9.96. The number of esters is 1. The lowest BCUT2D eigenvalue weighted by Gasteiger charge is -2.33. The van der Waals surface area contributed by atoms with Crippen LogP contribution in [0, 0.1) is 0 Å². The van der Waals surface area contributed by atoms with E-state index in [1.165, 1.54) is 12.4 Å². The van der Waals surface area contributed by atoms with Gasteiger partial charge in [-0.1, -0.05) is 24.3 Å². The van der Waals surface area contributed by atoms with Gasteiger partial charge in [-0.05, 0) is 31.0 Å². The molecule has 1 saturated heterocycles. The normalized spacial score (nSPS) is 16.4. The number of aliphatic hydroxyl groups excluding tert-OH is 1. The maximum Gasteiger partial charge on any atom is 0.341 e. The van der Waals surface area contributed by atoms with Crippen molar-refractivity contribution in [3.63, 3.8) is 0 Å². The van der Waals surface area contributed by atoms with E-state index in [4.69, 9.17) is 14.5 Å². The smallest absolute Gasteiger partial charge is 0.341 e. The van der Waals surface area contributed by atoms with Crippen LogP contribution in [0.15, 0.2) is 48.9 Å². The van der Waals surface area contributed by atoms with Crippen molar-refractivity contribution < 1.29 is 19.4 Å². The Morgan fingerprint density at radius 1 is 1.26 bits per heavy atom. The third-order valence-corrected chi connectivity index (χ3v) is 7.35. The predicted molar refractivity (Wildman–Crippen MR) is 145 cm³/mol. The van der Waals surface area contributed by atoms with E-state index in [-0.39, 0.29) is 6.10 Å². The lowest BCUT2D eigenvalue weighted by atomic mass is 10.0. The first-order valence-electron chi connectivity index (χ1n) is 12.5. The first-order chi connectivity index (χ1) is 18.4. The van der Waals surface area contributed by atoms with Gasteiger partial charge in [-0.3, -0.25) is 0 Å². The number of rotatable bonds is 8. The van der Waals surface area contributed by atoms with Gasteiger partial charge >= 0.3 is 5.97 Å². The van der Waals surface area contributed by atoms with Crippen LogP contribution in [-0.4, -0.2) is 64.4 Å². The zero-order chi connectivity index (χ0) is 26.6. The van der Waals surface area contributed by atoms with E-state index in [0.29, 0.717) is 50.3 Å². The molecule has 198 valence electrons. The summed E-state index contributed by atoms with van der Waals surface area (Å²) in [6.07, 6.45) is 4.19. The van der Waals surface area contributed by atoms with Gasteiger partial charge in [0.1, 0.15) is 6.10 Å². The Hall–Kier alpha value is -3.67. The Balaban J connectivity index is 1.27. The molecule has 1 N–H and O–H groups in total. The van der Waals surface area contributed by atoms with Gasteiger partial charge in [0.2, 0.25) is 11.9 Å². The number of hydrogen-bond acceptors (Lipinski definition) is 11. The van der Waals surface area contributed by atoms with Crippen LogP contribution >= 0.6 is 11.3 Å². The van der Waals surface area contributed by atoms with E-state index in [2.05, 4.69) is 25.9 Å². The van der Waals surface area contributed by atoms with Gasteiger partial charge < -0.3 is 24.4 Å². The molecule has 2 atom stereocenters. The van der Waals surface area contributed by atoms with Crippen molar-refractivity contribution >= 4 is 39.4 Å². The Bertz CT molecular complexity index is 1410. The minimum absolute atomic E-state index is 0.122. The maximum atomic E-state index is 11.8. The minimum Gasteiger partial charge on any atom is -0.462 e. The summed E-state index contributed by atoms with van der Waals surface area (Å²) < 4.78 is 12.0. The van der Waals surface area contributed by atoms with Gasteiger partial charge in [-0.25, -0.2) is 24.7 Å². The highest BCUT2D eigenvalue weighted by molar-refractivity contribution is 7.19. The van der Waals surface area contributed by atoms with E-state index in [9.17, 15) is 9.90 Å². The van der Waals surface area contributed by atoms with Crippen molar-refractivity contribution in [2.24, 2.45) is 0 Å². The average Bonchev–Trinajstić information content (AvgIpc) is 3.35. The molecule has 11 heteroatoms. The van der Waals surface area contributed by atoms with E-state index in [0.717, 1.165) is 26.2 Å². The molecule has 0 spiro atoms. The van der Waals surface area contributed by atoms with Crippen LogP contribution in [0.3, 0.4) is 0 Å². The summed E-state index contributed by atoms with van der Waals surface area (Å²) in [4.78, 5) is 35.1. The van der Waals surface area contributed by atoms with Crippen LogP contribution in [0.4, 0.5) is 11.9 Å². The van der Waals surface area contributed by atoms with Crippen LogP contribution in [0.1, 0.15) is 52.4 Å². The van der Waals surface area contributed by atoms with Gasteiger partial charge in [0.25, 0.3) is 0 Å². The lowest BCUT2D eigenvalue weighted by Crippen LogP contribution is -2.39. The van der Waals surface area contributed by atoms with Gasteiger partial charge in [0.05, 0.1) is 54.4 Å². The summed E-state index contributed by atoms with van der Waals surface area (Å²) in [6.45, 7) is 6.33. The number of nitrogens with zero attached hydrogens (tertiary/aromatic N) is 6. The summed E-state index contributed by atoms with van der Waals surface area (Å²) >= 11 is 1.63. The fourth-order valence-corrected chi connectivity index (χ4v) is 5.33. The predicted octanol–water partition coefficient (Wildman–Crippen LogP) is 3.93. The molecular weight excluding hydrogens is 504 g/mol. The molecule has 5 rings (SSSR count). The third kappa shape index (κ3) is 5.74. The quantitative estimate of drug-likeness (QED) is 0.334. The number of thiophene rings is 1. The first-order valence-corrected chi connectivity index (χ1v) is 13.3. The Kier molecular flexibility index (Phi) is 7.77. The SMILES string of the molecule is CCOC(=O)c1cnc(N(C)Cc2cc3nc(N4CCOC(c5cccc(C(C)O)c5)C4)ncc3s2)nc1. The molecular formula is C27H30N6O4S. The molecule has 4 aromatic rings. The molecule has 1 aliphatic heterocycles. The van der Waals surface area contributed by atoms with E-state index < -0.39 is 12.1 Å². The van der Waals surface area contributed by atoms with Crippen molar-refractivity contribution in [3.05, 3.63) is 70.5 Å². The minimum atomic E-state index is -0.525. The number of aromatic nitrogens is 4. The number of fused-ring (bicyclic) bond motifs is 1. The van der Waals surface area contributed by atoms with Crippen molar-refractivity contribution in [3.8, 4) is 0 Å². The second-order valence-electron chi connectivity index (χ2n) is 9.13. The Morgan fingerprint density at radius 3 is 2.84 bits per heavy atom. The number of carbonyl (C=O) groups is 1. The molecule has 0 radical (unpaired) electrons. The molecule has 38 heavy (non-hydrogen) atoms. The molecule has 3 aromatic heterocycles. The standard InChI is InChI=1S/C27H30N6O4S/c1-4-36-25(35)20-12-28-26(29-13-20)32(3)15-21-11-22-24(38-21)14-30-27(31-22)33-8-9-37-23(16-33)19-7-5-6-18(10-19)17(2)34/h5-7,10-14,17,23,34H,4,8-9,15-16H2,1-3H3. The van der Waals surface area contributed by atoms with Crippen LogP contribution in [0.25, 0.3) is 10.2 Å². The first kappa shape index (κ1) is 26.0. The van der Waals surface area contributed by atoms with Crippen LogP contribution < -0.4 is 9.80 Å². The third-order valence-electron chi connectivity index (χ3n) is 6.31. The highest BCUT2D eigenvalue weighted by atomic mass is 32.1. The number of hydrogen-bond donors (Lipinski definition) is 1. The molecule has 4 heterocycles. The highest BCUT2D eigenvalue weighted by Crippen LogP contribution is 2.30. The van der Waals surface area contributed by atoms with E-state index in [1.54, 1.807) is 25.2 Å². The van der Waals surface area contributed by atoms with Crippen LogP contribution in [0.2, 0.25) is 0 Å². The van der Waals surface area contributed by atoms with Crippen molar-refractivity contribution in [2.75, 3.05) is 43.2 Å². The van der Waals surface area contributed by atoms with Crippen LogP contribution in [-0.2, 0) is 16.0 Å². The Morgan fingerprint density at radius 2 is 2.08 bits per heavy atom. The molecule has 1 aromatic carbocycles. The largest absolute Gasteiger partial charge is 0.462 e. The van der Waals surface area contributed by atoms with Crippen molar-refractivity contribution in [1.29, 1.82) is 0 Å². The summed E-state index contributed by atoms with van der Waals surface area (Å²) in [5.74, 6) is 0.759. The number of aliphatic hydroxyl groups is 1. The molecule has 2 unspecified atom stereocenters. The molecule has 10 nitrogen and oxygen atoms in total. The van der Waals surface area contributed by atoms with Gasteiger partial charge in [-0.15, -0.1) is 11.3 Å².